The van der Waals surface area contributed by atoms with Gasteiger partial charge in [0.05, 0.1) is 5.56 Å². The molecule has 0 saturated heterocycles. The molecule has 0 bridgehead atoms. The largest absolute Gasteiger partial charge is 0.489 e. The summed E-state index contributed by atoms with van der Waals surface area (Å²) >= 11 is 3.11. The van der Waals surface area contributed by atoms with E-state index in [9.17, 15) is 13.6 Å². The van der Waals surface area contributed by atoms with Crippen molar-refractivity contribution in [3.63, 3.8) is 0 Å². The van der Waals surface area contributed by atoms with Gasteiger partial charge in [-0.05, 0) is 46.3 Å². The zero-order valence-corrected chi connectivity index (χ0v) is 11.7. The van der Waals surface area contributed by atoms with Gasteiger partial charge in [0, 0.05) is 16.1 Å². The van der Waals surface area contributed by atoms with Gasteiger partial charge in [-0.15, -0.1) is 0 Å². The monoisotopic (exact) mass is 342 g/mol. The Labute approximate surface area is 121 Å². The summed E-state index contributed by atoms with van der Waals surface area (Å²) in [5, 5.41) is 8.96. The first-order chi connectivity index (χ1) is 9.47. The van der Waals surface area contributed by atoms with E-state index >= 15 is 0 Å². The SMILES string of the molecule is O=C(O)c1cc(OCc2ccc(F)cc2F)ccc1Br. The zero-order chi connectivity index (χ0) is 14.7. The van der Waals surface area contributed by atoms with Crippen LogP contribution in [0.4, 0.5) is 8.78 Å². The van der Waals surface area contributed by atoms with E-state index in [1.165, 1.54) is 18.2 Å². The minimum atomic E-state index is -1.10. The molecule has 0 radical (unpaired) electrons. The third-order valence-electron chi connectivity index (χ3n) is 2.58. The summed E-state index contributed by atoms with van der Waals surface area (Å²) in [4.78, 5) is 11.0. The van der Waals surface area contributed by atoms with E-state index in [0.717, 1.165) is 12.1 Å². The van der Waals surface area contributed by atoms with Crippen LogP contribution < -0.4 is 4.74 Å². The molecule has 0 aliphatic rings. The van der Waals surface area contributed by atoms with Crippen LogP contribution in [0, 0.1) is 11.6 Å². The van der Waals surface area contributed by atoms with Gasteiger partial charge >= 0.3 is 5.97 Å². The van der Waals surface area contributed by atoms with Crippen molar-refractivity contribution in [2.24, 2.45) is 0 Å². The van der Waals surface area contributed by atoms with Crippen molar-refractivity contribution in [1.29, 1.82) is 0 Å². The molecule has 20 heavy (non-hydrogen) atoms. The summed E-state index contributed by atoms with van der Waals surface area (Å²) in [7, 11) is 0. The lowest BCUT2D eigenvalue weighted by atomic mass is 10.2. The van der Waals surface area contributed by atoms with E-state index in [1.54, 1.807) is 6.07 Å². The van der Waals surface area contributed by atoms with E-state index in [2.05, 4.69) is 15.9 Å². The standard InChI is InChI=1S/C14H9BrF2O3/c15-12-4-3-10(6-11(12)14(18)19)20-7-8-1-2-9(16)5-13(8)17/h1-6H,7H2,(H,18,19). The number of aromatic carboxylic acids is 1. The summed E-state index contributed by atoms with van der Waals surface area (Å²) in [6.45, 7) is -0.118. The molecule has 2 rings (SSSR count). The maximum Gasteiger partial charge on any atom is 0.336 e. The maximum atomic E-state index is 13.4. The van der Waals surface area contributed by atoms with Crippen molar-refractivity contribution >= 4 is 21.9 Å². The highest BCUT2D eigenvalue weighted by atomic mass is 79.9. The van der Waals surface area contributed by atoms with E-state index in [1.807, 2.05) is 0 Å². The lowest BCUT2D eigenvalue weighted by molar-refractivity contribution is 0.0695. The average Bonchev–Trinajstić information content (AvgIpc) is 2.39. The fourth-order valence-electron chi connectivity index (χ4n) is 1.56. The van der Waals surface area contributed by atoms with Crippen molar-refractivity contribution in [2.45, 2.75) is 6.61 Å². The normalized spacial score (nSPS) is 10.3. The quantitative estimate of drug-likeness (QED) is 0.913. The minimum Gasteiger partial charge on any atom is -0.489 e. The third-order valence-corrected chi connectivity index (χ3v) is 3.27. The number of carboxylic acids is 1. The van der Waals surface area contributed by atoms with Crippen LogP contribution in [0.2, 0.25) is 0 Å². The molecular weight excluding hydrogens is 334 g/mol. The highest BCUT2D eigenvalue weighted by Gasteiger charge is 2.10. The minimum absolute atomic E-state index is 0.0436. The molecule has 2 aromatic rings. The van der Waals surface area contributed by atoms with Gasteiger partial charge in [-0.2, -0.15) is 0 Å². The van der Waals surface area contributed by atoms with Crippen LogP contribution in [0.3, 0.4) is 0 Å². The predicted octanol–water partition coefficient (Wildman–Crippen LogP) is 4.00. The van der Waals surface area contributed by atoms with Crippen LogP contribution in [0.1, 0.15) is 15.9 Å². The highest BCUT2D eigenvalue weighted by molar-refractivity contribution is 9.10. The van der Waals surface area contributed by atoms with Gasteiger partial charge in [0.2, 0.25) is 0 Å². The van der Waals surface area contributed by atoms with Crippen LogP contribution >= 0.6 is 15.9 Å². The molecule has 0 amide bonds. The summed E-state index contributed by atoms with van der Waals surface area (Å²) in [6.07, 6.45) is 0. The van der Waals surface area contributed by atoms with Crippen molar-refractivity contribution < 1.29 is 23.4 Å². The first-order valence-corrected chi connectivity index (χ1v) is 6.36. The molecule has 0 unspecified atom stereocenters. The number of halogens is 3. The molecular formula is C14H9BrF2O3. The number of hydrogen-bond donors (Lipinski definition) is 1. The van der Waals surface area contributed by atoms with Crippen LogP contribution in [0.25, 0.3) is 0 Å². The van der Waals surface area contributed by atoms with Crippen molar-refractivity contribution in [3.8, 4) is 5.75 Å². The highest BCUT2D eigenvalue weighted by Crippen LogP contribution is 2.23. The van der Waals surface area contributed by atoms with Crippen LogP contribution in [-0.4, -0.2) is 11.1 Å². The maximum absolute atomic E-state index is 13.4. The average molecular weight is 343 g/mol. The Morgan fingerprint density at radius 3 is 2.60 bits per heavy atom. The van der Waals surface area contributed by atoms with Crippen LogP contribution in [0.15, 0.2) is 40.9 Å². The Morgan fingerprint density at radius 1 is 1.20 bits per heavy atom. The van der Waals surface area contributed by atoms with Crippen molar-refractivity contribution in [1.82, 2.24) is 0 Å². The number of carbonyl (C=O) groups is 1. The number of carboxylic acid groups (broad SMARTS) is 1. The fraction of sp³-hybridized carbons (Fsp3) is 0.0714. The second kappa shape index (κ2) is 6.00. The Kier molecular flexibility index (Phi) is 4.34. The van der Waals surface area contributed by atoms with Gasteiger partial charge in [-0.3, -0.25) is 0 Å². The van der Waals surface area contributed by atoms with Gasteiger partial charge in [0.1, 0.15) is 24.0 Å². The second-order valence-electron chi connectivity index (χ2n) is 3.97. The molecule has 0 aliphatic heterocycles. The molecule has 1 N–H and O–H groups in total. The smallest absolute Gasteiger partial charge is 0.336 e. The lowest BCUT2D eigenvalue weighted by Gasteiger charge is -2.08. The zero-order valence-electron chi connectivity index (χ0n) is 10.1. The lowest BCUT2D eigenvalue weighted by Crippen LogP contribution is -2.02. The number of benzene rings is 2. The third kappa shape index (κ3) is 3.33. The fourth-order valence-corrected chi connectivity index (χ4v) is 1.97. The Hall–Kier alpha value is -1.95. The van der Waals surface area contributed by atoms with Gasteiger partial charge in [0.25, 0.3) is 0 Å². The van der Waals surface area contributed by atoms with Gasteiger partial charge in [-0.1, -0.05) is 0 Å². The van der Waals surface area contributed by atoms with E-state index in [4.69, 9.17) is 9.84 Å². The molecule has 0 heterocycles. The molecule has 0 aromatic heterocycles. The number of hydrogen-bond acceptors (Lipinski definition) is 2. The van der Waals surface area contributed by atoms with Crippen LogP contribution in [-0.2, 0) is 6.61 Å². The van der Waals surface area contributed by atoms with E-state index in [0.29, 0.717) is 4.47 Å². The molecule has 2 aromatic carbocycles. The molecule has 6 heteroatoms. The van der Waals surface area contributed by atoms with Crippen LogP contribution in [0.5, 0.6) is 5.75 Å². The topological polar surface area (TPSA) is 46.5 Å². The van der Waals surface area contributed by atoms with Gasteiger partial charge < -0.3 is 9.84 Å². The van der Waals surface area contributed by atoms with Gasteiger partial charge in [0.15, 0.2) is 0 Å². The molecule has 0 spiro atoms. The summed E-state index contributed by atoms with van der Waals surface area (Å²) in [5.74, 6) is -2.19. The first-order valence-electron chi connectivity index (χ1n) is 5.57. The van der Waals surface area contributed by atoms with E-state index in [-0.39, 0.29) is 23.5 Å². The van der Waals surface area contributed by atoms with Crippen molar-refractivity contribution in [2.75, 3.05) is 0 Å². The number of ether oxygens (including phenoxy) is 1. The molecule has 0 saturated carbocycles. The number of rotatable bonds is 4. The molecule has 3 nitrogen and oxygen atoms in total. The van der Waals surface area contributed by atoms with E-state index < -0.39 is 17.6 Å². The molecule has 0 aliphatic carbocycles. The first kappa shape index (κ1) is 14.5. The molecule has 0 fully saturated rings. The Morgan fingerprint density at radius 2 is 1.95 bits per heavy atom. The second-order valence-corrected chi connectivity index (χ2v) is 4.83. The summed E-state index contributed by atoms with van der Waals surface area (Å²) < 4.78 is 31.9. The molecule has 0 atom stereocenters. The summed E-state index contributed by atoms with van der Waals surface area (Å²) in [5.41, 5.74) is 0.230. The van der Waals surface area contributed by atoms with Crippen molar-refractivity contribution in [3.05, 3.63) is 63.6 Å². The predicted molar refractivity (Wildman–Crippen MR) is 71.8 cm³/mol. The Balaban J connectivity index is 2.15. The summed E-state index contributed by atoms with van der Waals surface area (Å²) in [6, 6.07) is 7.59. The molecule has 104 valence electrons. The Bertz CT molecular complexity index is 659. The van der Waals surface area contributed by atoms with Gasteiger partial charge in [-0.25, -0.2) is 13.6 Å².